The van der Waals surface area contributed by atoms with Crippen LogP contribution in [0.4, 0.5) is 4.39 Å². The Hall–Kier alpha value is -0.890. The summed E-state index contributed by atoms with van der Waals surface area (Å²) in [5, 5.41) is 0.148. The van der Waals surface area contributed by atoms with Gasteiger partial charge in [-0.05, 0) is 12.1 Å². The lowest BCUT2D eigenvalue weighted by Gasteiger charge is -1.94. The molecule has 0 aliphatic carbocycles. The van der Waals surface area contributed by atoms with Crippen molar-refractivity contribution in [3.05, 3.63) is 34.6 Å². The average Bonchev–Trinajstić information content (AvgIpc) is 2.08. The highest BCUT2D eigenvalue weighted by Crippen LogP contribution is 2.15. The molecule has 0 heterocycles. The first-order chi connectivity index (χ1) is 5.75. The Kier molecular flexibility index (Phi) is 5.30. The molecule has 0 saturated heterocycles. The first kappa shape index (κ1) is 11.1. The lowest BCUT2D eigenvalue weighted by atomic mass is 10.2. The van der Waals surface area contributed by atoms with E-state index in [0.717, 1.165) is 0 Å². The number of hydrogen-bond acceptors (Lipinski definition) is 1. The van der Waals surface area contributed by atoms with Gasteiger partial charge in [-0.3, -0.25) is 4.79 Å². The third-order valence-corrected chi connectivity index (χ3v) is 1.45. The molecule has 1 aromatic rings. The maximum Gasteiger partial charge on any atom is 0.154 e. The van der Waals surface area contributed by atoms with Gasteiger partial charge in [0.2, 0.25) is 0 Å². The Balaban J connectivity index is 0.000000561. The molecule has 0 spiro atoms. The number of rotatable bonds is 1. The normalized spacial score (nSPS) is 8.33. The van der Waals surface area contributed by atoms with E-state index in [4.69, 9.17) is 11.6 Å². The second kappa shape index (κ2) is 5.72. The predicted molar refractivity (Wildman–Crippen MR) is 48.1 cm³/mol. The van der Waals surface area contributed by atoms with Gasteiger partial charge in [0.1, 0.15) is 5.82 Å². The summed E-state index contributed by atoms with van der Waals surface area (Å²) in [7, 11) is 0. The van der Waals surface area contributed by atoms with Gasteiger partial charge in [0.05, 0.1) is 10.6 Å². The van der Waals surface area contributed by atoms with Gasteiger partial charge in [-0.1, -0.05) is 31.5 Å². The smallest absolute Gasteiger partial charge is 0.154 e. The van der Waals surface area contributed by atoms with Crippen molar-refractivity contribution in [2.45, 2.75) is 13.8 Å². The summed E-state index contributed by atoms with van der Waals surface area (Å²) in [6.07, 6.45) is 0.400. The third-order valence-electron chi connectivity index (χ3n) is 1.12. The summed E-state index contributed by atoms with van der Waals surface area (Å²) >= 11 is 5.46. The van der Waals surface area contributed by atoms with E-state index < -0.39 is 5.82 Å². The zero-order valence-electron chi connectivity index (χ0n) is 6.97. The van der Waals surface area contributed by atoms with Crippen molar-refractivity contribution in [3.8, 4) is 0 Å². The van der Waals surface area contributed by atoms with Crippen LogP contribution in [0.2, 0.25) is 5.02 Å². The molecule has 0 aliphatic heterocycles. The minimum Gasteiger partial charge on any atom is -0.298 e. The second-order valence-electron chi connectivity index (χ2n) is 1.75. The van der Waals surface area contributed by atoms with Crippen LogP contribution in [-0.2, 0) is 0 Å². The molecule has 1 nitrogen and oxygen atoms in total. The lowest BCUT2D eigenvalue weighted by Crippen LogP contribution is -1.86. The predicted octanol–water partition coefficient (Wildman–Crippen LogP) is 3.32. The molecule has 0 atom stereocenters. The molecule has 66 valence electrons. The number of carbonyl (C=O) groups is 1. The fourth-order valence-electron chi connectivity index (χ4n) is 0.623. The summed E-state index contributed by atoms with van der Waals surface area (Å²) in [5.41, 5.74) is -0.0795. The molecule has 1 aromatic carbocycles. The second-order valence-corrected chi connectivity index (χ2v) is 2.16. The minimum atomic E-state index is -0.581. The monoisotopic (exact) mass is 188 g/mol. The molecule has 0 bridgehead atoms. The Morgan fingerprint density at radius 3 is 2.33 bits per heavy atom. The van der Waals surface area contributed by atoms with Crippen molar-refractivity contribution in [2.24, 2.45) is 0 Å². The van der Waals surface area contributed by atoms with Crippen LogP contribution in [-0.4, -0.2) is 6.29 Å². The molecule has 0 aromatic heterocycles. The Labute approximate surface area is 76.2 Å². The van der Waals surface area contributed by atoms with Crippen LogP contribution in [0.1, 0.15) is 24.2 Å². The van der Waals surface area contributed by atoms with Gasteiger partial charge < -0.3 is 0 Å². The first-order valence-corrected chi connectivity index (χ1v) is 4.02. The molecule has 0 unspecified atom stereocenters. The van der Waals surface area contributed by atoms with Gasteiger partial charge in [-0.2, -0.15) is 0 Å². The highest BCUT2D eigenvalue weighted by atomic mass is 35.5. The van der Waals surface area contributed by atoms with Crippen molar-refractivity contribution in [1.82, 2.24) is 0 Å². The van der Waals surface area contributed by atoms with E-state index in [-0.39, 0.29) is 10.6 Å². The van der Waals surface area contributed by atoms with Crippen LogP contribution in [0.25, 0.3) is 0 Å². The Bertz CT molecular complexity index is 240. The van der Waals surface area contributed by atoms with E-state index in [9.17, 15) is 9.18 Å². The van der Waals surface area contributed by atoms with Crippen molar-refractivity contribution < 1.29 is 9.18 Å². The van der Waals surface area contributed by atoms with E-state index in [2.05, 4.69) is 0 Å². The van der Waals surface area contributed by atoms with Crippen LogP contribution >= 0.6 is 11.6 Å². The summed E-state index contributed by atoms with van der Waals surface area (Å²) < 4.78 is 12.5. The maximum absolute atomic E-state index is 12.5. The Morgan fingerprint density at radius 1 is 1.42 bits per heavy atom. The highest BCUT2D eigenvalue weighted by molar-refractivity contribution is 6.32. The summed E-state index contributed by atoms with van der Waals surface area (Å²) in [4.78, 5) is 10.1. The van der Waals surface area contributed by atoms with E-state index in [1.165, 1.54) is 18.2 Å². The molecule has 0 saturated carbocycles. The highest BCUT2D eigenvalue weighted by Gasteiger charge is 2.03. The summed E-state index contributed by atoms with van der Waals surface area (Å²) in [6, 6.07) is 4.11. The first-order valence-electron chi connectivity index (χ1n) is 3.65. The van der Waals surface area contributed by atoms with Gasteiger partial charge in [0.25, 0.3) is 0 Å². The van der Waals surface area contributed by atoms with Crippen LogP contribution in [0.3, 0.4) is 0 Å². The minimum absolute atomic E-state index is 0.0795. The van der Waals surface area contributed by atoms with E-state index in [0.29, 0.717) is 6.29 Å². The summed E-state index contributed by atoms with van der Waals surface area (Å²) in [6.45, 7) is 4.00. The Morgan fingerprint density at radius 2 is 2.00 bits per heavy atom. The third kappa shape index (κ3) is 2.62. The molecule has 3 heteroatoms. The van der Waals surface area contributed by atoms with Gasteiger partial charge in [-0.15, -0.1) is 0 Å². The molecule has 0 amide bonds. The van der Waals surface area contributed by atoms with Crippen molar-refractivity contribution >= 4 is 17.9 Å². The SMILES string of the molecule is CC.O=Cc1c(F)cccc1Cl. The van der Waals surface area contributed by atoms with Crippen molar-refractivity contribution in [1.29, 1.82) is 0 Å². The van der Waals surface area contributed by atoms with Crippen LogP contribution in [0, 0.1) is 5.82 Å². The van der Waals surface area contributed by atoms with Gasteiger partial charge >= 0.3 is 0 Å². The molecule has 0 N–H and O–H groups in total. The van der Waals surface area contributed by atoms with E-state index in [1.807, 2.05) is 13.8 Å². The standard InChI is InChI=1S/C7H4ClFO.C2H6/c8-6-2-1-3-7(9)5(6)4-10;1-2/h1-4H;1-2H3. The molecule has 1 rings (SSSR count). The molecule has 0 fully saturated rings. The van der Waals surface area contributed by atoms with Crippen LogP contribution < -0.4 is 0 Å². The number of aldehydes is 1. The van der Waals surface area contributed by atoms with Crippen molar-refractivity contribution in [3.63, 3.8) is 0 Å². The van der Waals surface area contributed by atoms with E-state index >= 15 is 0 Å². The maximum atomic E-state index is 12.5. The molecule has 12 heavy (non-hydrogen) atoms. The quantitative estimate of drug-likeness (QED) is 0.618. The number of halogens is 2. The number of hydrogen-bond donors (Lipinski definition) is 0. The fraction of sp³-hybridized carbons (Fsp3) is 0.222. The largest absolute Gasteiger partial charge is 0.298 e. The zero-order chi connectivity index (χ0) is 9.56. The van der Waals surface area contributed by atoms with Gasteiger partial charge in [0.15, 0.2) is 6.29 Å². The van der Waals surface area contributed by atoms with Crippen molar-refractivity contribution in [2.75, 3.05) is 0 Å². The van der Waals surface area contributed by atoms with E-state index in [1.54, 1.807) is 0 Å². The topological polar surface area (TPSA) is 17.1 Å². The fourth-order valence-corrected chi connectivity index (χ4v) is 0.831. The summed E-state index contributed by atoms with van der Waals surface area (Å²) in [5.74, 6) is -0.581. The zero-order valence-corrected chi connectivity index (χ0v) is 7.73. The lowest BCUT2D eigenvalue weighted by molar-refractivity contribution is 0.112. The molecular formula is C9H10ClFO. The number of benzene rings is 1. The molecule has 0 aliphatic rings. The van der Waals surface area contributed by atoms with Crippen LogP contribution in [0.5, 0.6) is 0 Å². The molecular weight excluding hydrogens is 179 g/mol. The average molecular weight is 189 g/mol. The van der Waals surface area contributed by atoms with Gasteiger partial charge in [0, 0.05) is 0 Å². The molecule has 0 radical (unpaired) electrons. The number of carbonyl (C=O) groups excluding carboxylic acids is 1. The van der Waals surface area contributed by atoms with Gasteiger partial charge in [-0.25, -0.2) is 4.39 Å². The van der Waals surface area contributed by atoms with Crippen LogP contribution in [0.15, 0.2) is 18.2 Å².